The van der Waals surface area contributed by atoms with Crippen molar-refractivity contribution in [3.05, 3.63) is 48.0 Å². The molecule has 0 fully saturated rings. The monoisotopic (exact) mass is 228 g/mol. The van der Waals surface area contributed by atoms with Crippen LogP contribution < -0.4 is 0 Å². The van der Waals surface area contributed by atoms with Crippen molar-refractivity contribution in [2.75, 3.05) is 0 Å². The van der Waals surface area contributed by atoms with Crippen LogP contribution in [0, 0.1) is 5.92 Å². The second-order valence-electron chi connectivity index (χ2n) is 4.63. The van der Waals surface area contributed by atoms with Gasteiger partial charge in [-0.1, -0.05) is 56.3 Å². The highest BCUT2D eigenvalue weighted by Gasteiger charge is 2.24. The minimum atomic E-state index is -0.753. The summed E-state index contributed by atoms with van der Waals surface area (Å²) in [4.78, 5) is 11.4. The van der Waals surface area contributed by atoms with E-state index in [0.29, 0.717) is 0 Å². The van der Waals surface area contributed by atoms with E-state index >= 15 is 0 Å². The van der Waals surface area contributed by atoms with Gasteiger partial charge in [-0.05, 0) is 22.3 Å². The zero-order valence-electron chi connectivity index (χ0n) is 10.1. The Morgan fingerprint density at radius 1 is 1.06 bits per heavy atom. The topological polar surface area (TPSA) is 37.3 Å². The Balaban J connectivity index is 2.65. The first-order valence-electron chi connectivity index (χ1n) is 5.81. The molecule has 2 nitrogen and oxygen atoms in total. The third-order valence-electron chi connectivity index (χ3n) is 3.09. The van der Waals surface area contributed by atoms with E-state index in [1.165, 1.54) is 0 Å². The number of carboxylic acids is 1. The molecule has 2 aromatic carbocycles. The number of carbonyl (C=O) groups is 1. The van der Waals surface area contributed by atoms with Crippen LogP contribution in [0.4, 0.5) is 0 Å². The van der Waals surface area contributed by atoms with E-state index in [9.17, 15) is 9.90 Å². The van der Waals surface area contributed by atoms with Crippen LogP contribution in [-0.2, 0) is 4.79 Å². The maximum absolute atomic E-state index is 11.4. The van der Waals surface area contributed by atoms with Gasteiger partial charge >= 0.3 is 5.97 Å². The molecule has 0 saturated carbocycles. The van der Waals surface area contributed by atoms with Crippen LogP contribution in [0.2, 0.25) is 0 Å². The summed E-state index contributed by atoms with van der Waals surface area (Å²) in [5.41, 5.74) is 0.908. The number of benzene rings is 2. The molecule has 0 bridgehead atoms. The van der Waals surface area contributed by atoms with Crippen LogP contribution in [0.3, 0.4) is 0 Å². The number of fused-ring (bicyclic) bond motifs is 1. The fourth-order valence-electron chi connectivity index (χ4n) is 2.30. The molecule has 1 N–H and O–H groups in total. The van der Waals surface area contributed by atoms with Crippen molar-refractivity contribution in [1.82, 2.24) is 0 Å². The molecular formula is C15H16O2. The van der Waals surface area contributed by atoms with Gasteiger partial charge in [0.1, 0.15) is 0 Å². The predicted molar refractivity (Wildman–Crippen MR) is 69.2 cm³/mol. The SMILES string of the molecule is CC(C)C(C(=O)O)c1cccc2ccccc12. The molecule has 0 aliphatic carbocycles. The first kappa shape index (κ1) is 11.6. The van der Waals surface area contributed by atoms with Gasteiger partial charge in [-0.25, -0.2) is 0 Å². The Morgan fingerprint density at radius 3 is 2.35 bits per heavy atom. The van der Waals surface area contributed by atoms with Crippen LogP contribution in [0.1, 0.15) is 25.3 Å². The summed E-state index contributed by atoms with van der Waals surface area (Å²) in [6, 6.07) is 13.8. The molecule has 0 aliphatic heterocycles. The van der Waals surface area contributed by atoms with Crippen molar-refractivity contribution >= 4 is 16.7 Å². The van der Waals surface area contributed by atoms with Gasteiger partial charge in [0.15, 0.2) is 0 Å². The van der Waals surface area contributed by atoms with Crippen LogP contribution in [0.5, 0.6) is 0 Å². The molecule has 1 atom stereocenters. The van der Waals surface area contributed by atoms with Crippen LogP contribution >= 0.6 is 0 Å². The van der Waals surface area contributed by atoms with Crippen molar-refractivity contribution in [1.29, 1.82) is 0 Å². The summed E-state index contributed by atoms with van der Waals surface area (Å²) in [6.07, 6.45) is 0. The van der Waals surface area contributed by atoms with Gasteiger partial charge in [0.05, 0.1) is 5.92 Å². The highest BCUT2D eigenvalue weighted by molar-refractivity contribution is 5.90. The van der Waals surface area contributed by atoms with Crippen molar-refractivity contribution in [2.45, 2.75) is 19.8 Å². The summed E-state index contributed by atoms with van der Waals surface area (Å²) in [5.74, 6) is -1.12. The van der Waals surface area contributed by atoms with Crippen LogP contribution in [0.25, 0.3) is 10.8 Å². The minimum Gasteiger partial charge on any atom is -0.481 e. The van der Waals surface area contributed by atoms with Gasteiger partial charge in [0.2, 0.25) is 0 Å². The van der Waals surface area contributed by atoms with Gasteiger partial charge < -0.3 is 5.11 Å². The summed E-state index contributed by atoms with van der Waals surface area (Å²) < 4.78 is 0. The Hall–Kier alpha value is -1.83. The van der Waals surface area contributed by atoms with E-state index in [0.717, 1.165) is 16.3 Å². The summed E-state index contributed by atoms with van der Waals surface area (Å²) in [5, 5.41) is 11.5. The standard InChI is InChI=1S/C15H16O2/c1-10(2)14(15(16)17)13-9-5-7-11-6-3-4-8-12(11)13/h3-10,14H,1-2H3,(H,16,17). The Bertz CT molecular complexity index is 538. The van der Waals surface area contributed by atoms with Gasteiger partial charge in [0, 0.05) is 0 Å². The average molecular weight is 228 g/mol. The van der Waals surface area contributed by atoms with Crippen molar-refractivity contribution in [2.24, 2.45) is 5.92 Å². The Morgan fingerprint density at radius 2 is 1.71 bits per heavy atom. The highest BCUT2D eigenvalue weighted by Crippen LogP contribution is 2.30. The molecule has 2 rings (SSSR count). The van der Waals surface area contributed by atoms with E-state index < -0.39 is 11.9 Å². The first-order chi connectivity index (χ1) is 8.11. The molecule has 17 heavy (non-hydrogen) atoms. The van der Waals surface area contributed by atoms with Gasteiger partial charge in [-0.3, -0.25) is 4.79 Å². The lowest BCUT2D eigenvalue weighted by Crippen LogP contribution is -2.17. The van der Waals surface area contributed by atoms with Gasteiger partial charge in [-0.2, -0.15) is 0 Å². The van der Waals surface area contributed by atoms with Crippen LogP contribution in [0.15, 0.2) is 42.5 Å². The van der Waals surface area contributed by atoms with Crippen LogP contribution in [-0.4, -0.2) is 11.1 Å². The van der Waals surface area contributed by atoms with E-state index in [1.54, 1.807) is 0 Å². The number of hydrogen-bond donors (Lipinski definition) is 1. The molecule has 2 aromatic rings. The lowest BCUT2D eigenvalue weighted by Gasteiger charge is -2.18. The molecular weight excluding hydrogens is 212 g/mol. The number of aliphatic carboxylic acids is 1. The third kappa shape index (κ3) is 2.16. The maximum Gasteiger partial charge on any atom is 0.311 e. The van der Waals surface area contributed by atoms with E-state index in [1.807, 2.05) is 56.3 Å². The fourth-order valence-corrected chi connectivity index (χ4v) is 2.30. The predicted octanol–water partition coefficient (Wildman–Crippen LogP) is 3.66. The molecule has 0 amide bonds. The quantitative estimate of drug-likeness (QED) is 0.870. The fraction of sp³-hybridized carbons (Fsp3) is 0.267. The molecule has 1 unspecified atom stereocenters. The maximum atomic E-state index is 11.4. The van der Waals surface area contributed by atoms with Crippen molar-refractivity contribution < 1.29 is 9.90 Å². The molecule has 0 radical (unpaired) electrons. The van der Waals surface area contributed by atoms with E-state index in [-0.39, 0.29) is 5.92 Å². The molecule has 88 valence electrons. The Kier molecular flexibility index (Phi) is 3.14. The molecule has 0 aliphatic rings. The highest BCUT2D eigenvalue weighted by atomic mass is 16.4. The first-order valence-corrected chi connectivity index (χ1v) is 5.81. The summed E-state index contributed by atoms with van der Waals surface area (Å²) in [7, 11) is 0. The normalized spacial score (nSPS) is 12.9. The van der Waals surface area contributed by atoms with Crippen molar-refractivity contribution in [3.63, 3.8) is 0 Å². The third-order valence-corrected chi connectivity index (χ3v) is 3.09. The number of carboxylic acid groups (broad SMARTS) is 1. The molecule has 2 heteroatoms. The molecule has 0 heterocycles. The van der Waals surface area contributed by atoms with Gasteiger partial charge in [0.25, 0.3) is 0 Å². The minimum absolute atomic E-state index is 0.0818. The zero-order valence-corrected chi connectivity index (χ0v) is 10.1. The molecule has 0 saturated heterocycles. The molecule has 0 aromatic heterocycles. The Labute approximate surface area is 101 Å². The largest absolute Gasteiger partial charge is 0.481 e. The second kappa shape index (κ2) is 4.58. The van der Waals surface area contributed by atoms with Gasteiger partial charge in [-0.15, -0.1) is 0 Å². The molecule has 0 spiro atoms. The van der Waals surface area contributed by atoms with E-state index in [2.05, 4.69) is 0 Å². The lowest BCUT2D eigenvalue weighted by atomic mass is 9.85. The zero-order chi connectivity index (χ0) is 12.4. The summed E-state index contributed by atoms with van der Waals surface area (Å²) >= 11 is 0. The smallest absolute Gasteiger partial charge is 0.311 e. The number of rotatable bonds is 3. The number of hydrogen-bond acceptors (Lipinski definition) is 1. The summed E-state index contributed by atoms with van der Waals surface area (Å²) in [6.45, 7) is 3.89. The lowest BCUT2D eigenvalue weighted by molar-refractivity contribution is -0.139. The average Bonchev–Trinajstić information content (AvgIpc) is 2.28. The second-order valence-corrected chi connectivity index (χ2v) is 4.63. The van der Waals surface area contributed by atoms with Crippen molar-refractivity contribution in [3.8, 4) is 0 Å². The van der Waals surface area contributed by atoms with E-state index in [4.69, 9.17) is 0 Å².